The Bertz CT molecular complexity index is 524. The van der Waals surface area contributed by atoms with E-state index >= 15 is 0 Å². The lowest BCUT2D eigenvalue weighted by molar-refractivity contribution is -0.138. The highest BCUT2D eigenvalue weighted by atomic mass is 32.3. The van der Waals surface area contributed by atoms with Crippen molar-refractivity contribution in [3.8, 4) is 0 Å². The third-order valence-corrected chi connectivity index (χ3v) is 5.25. The molecule has 0 atom stereocenters. The number of unbranched alkanes of at least 4 members (excludes halogenated alkanes) is 12. The van der Waals surface area contributed by atoms with Crippen LogP contribution in [0.5, 0.6) is 0 Å². The summed E-state index contributed by atoms with van der Waals surface area (Å²) < 4.78 is 31.9. The molecular formula is C22H38O6S. The van der Waals surface area contributed by atoms with Crippen molar-refractivity contribution in [3.63, 3.8) is 0 Å². The molecule has 7 heteroatoms. The fraction of sp³-hybridized carbons (Fsp3) is 0.727. The van der Waals surface area contributed by atoms with E-state index in [1.807, 2.05) is 12.2 Å². The Kier molecular flexibility index (Phi) is 17.4. The summed E-state index contributed by atoms with van der Waals surface area (Å²) in [5, 5.41) is 0. The number of carbonyl (C=O) groups is 2. The van der Waals surface area contributed by atoms with Crippen LogP contribution in [-0.2, 0) is 28.4 Å². The highest BCUT2D eigenvalue weighted by Gasteiger charge is 2.22. The maximum absolute atomic E-state index is 11.6. The first-order valence-corrected chi connectivity index (χ1v) is 12.2. The van der Waals surface area contributed by atoms with Crippen LogP contribution in [0.1, 0.15) is 103 Å². The molecule has 0 fully saturated rings. The predicted molar refractivity (Wildman–Crippen MR) is 115 cm³/mol. The molecule has 0 aromatic carbocycles. The van der Waals surface area contributed by atoms with Crippen LogP contribution in [0, 0.1) is 0 Å². The van der Waals surface area contributed by atoms with Crippen LogP contribution in [0.4, 0.5) is 0 Å². The van der Waals surface area contributed by atoms with Crippen molar-refractivity contribution < 1.29 is 26.4 Å². The first-order chi connectivity index (χ1) is 13.9. The topological polar surface area (TPSA) is 86.7 Å². The van der Waals surface area contributed by atoms with Gasteiger partial charge in [0.15, 0.2) is 0 Å². The van der Waals surface area contributed by atoms with Crippen LogP contribution in [0.3, 0.4) is 0 Å². The average Bonchev–Trinajstić information content (AvgIpc) is 2.65. The van der Waals surface area contributed by atoms with Gasteiger partial charge in [-0.3, -0.25) is 9.59 Å². The minimum atomic E-state index is -4.61. The number of rotatable bonds is 20. The van der Waals surface area contributed by atoms with E-state index in [1.54, 1.807) is 0 Å². The Balaban J connectivity index is 3.76. The molecule has 0 saturated heterocycles. The minimum Gasteiger partial charge on any atom is -0.316 e. The zero-order valence-corrected chi connectivity index (χ0v) is 18.6. The van der Waals surface area contributed by atoms with Gasteiger partial charge in [0, 0.05) is 12.8 Å². The molecule has 0 aliphatic carbocycles. The summed E-state index contributed by atoms with van der Waals surface area (Å²) in [6.45, 7) is 7.35. The van der Waals surface area contributed by atoms with Crippen molar-refractivity contribution in [1.29, 1.82) is 0 Å². The number of hydrogen-bond donors (Lipinski definition) is 0. The van der Waals surface area contributed by atoms with Gasteiger partial charge in [-0.2, -0.15) is 0 Å². The Morgan fingerprint density at radius 3 is 1.24 bits per heavy atom. The van der Waals surface area contributed by atoms with Crippen molar-refractivity contribution >= 4 is 22.3 Å². The van der Waals surface area contributed by atoms with Gasteiger partial charge in [-0.15, -0.1) is 21.6 Å². The molecule has 0 aliphatic heterocycles. The maximum atomic E-state index is 11.6. The standard InChI is InChI=1S/C22H38O6S/c1-3-5-7-9-11-13-15-17-19-21(23)27-29(25,26)28-22(24)20-18-16-14-12-10-8-6-4-2/h3-4H,1-2,5-20H2. The maximum Gasteiger partial charge on any atom is 0.506 e. The molecule has 0 aromatic heterocycles. The van der Waals surface area contributed by atoms with E-state index in [0.29, 0.717) is 12.8 Å². The van der Waals surface area contributed by atoms with E-state index < -0.39 is 22.3 Å². The summed E-state index contributed by atoms with van der Waals surface area (Å²) in [7, 11) is -4.61. The largest absolute Gasteiger partial charge is 0.506 e. The molecular weight excluding hydrogens is 392 g/mol. The zero-order chi connectivity index (χ0) is 21.8. The second-order valence-corrected chi connectivity index (χ2v) is 8.37. The molecule has 0 saturated carbocycles. The van der Waals surface area contributed by atoms with E-state index in [-0.39, 0.29) is 12.8 Å². The number of hydrogen-bond acceptors (Lipinski definition) is 6. The van der Waals surface area contributed by atoms with E-state index in [9.17, 15) is 18.0 Å². The van der Waals surface area contributed by atoms with Crippen molar-refractivity contribution in [1.82, 2.24) is 0 Å². The molecule has 0 spiro atoms. The van der Waals surface area contributed by atoms with Gasteiger partial charge in [0.1, 0.15) is 0 Å². The van der Waals surface area contributed by atoms with Gasteiger partial charge in [-0.25, -0.2) is 0 Å². The molecule has 6 nitrogen and oxygen atoms in total. The molecule has 29 heavy (non-hydrogen) atoms. The van der Waals surface area contributed by atoms with Crippen LogP contribution in [-0.4, -0.2) is 20.4 Å². The summed E-state index contributed by atoms with van der Waals surface area (Å²) in [4.78, 5) is 23.2. The summed E-state index contributed by atoms with van der Waals surface area (Å²) in [6.07, 6.45) is 17.2. The van der Waals surface area contributed by atoms with Gasteiger partial charge in [0.25, 0.3) is 0 Å². The summed E-state index contributed by atoms with van der Waals surface area (Å²) in [6, 6.07) is 0. The monoisotopic (exact) mass is 430 g/mol. The fourth-order valence-electron chi connectivity index (χ4n) is 2.86. The fourth-order valence-corrected chi connectivity index (χ4v) is 3.51. The van der Waals surface area contributed by atoms with Crippen molar-refractivity contribution in [3.05, 3.63) is 25.3 Å². The van der Waals surface area contributed by atoms with Crippen molar-refractivity contribution in [2.45, 2.75) is 103 Å². The molecule has 168 valence electrons. The van der Waals surface area contributed by atoms with E-state index in [4.69, 9.17) is 0 Å². The summed E-state index contributed by atoms with van der Waals surface area (Å²) in [5.74, 6) is -1.77. The van der Waals surface area contributed by atoms with E-state index in [2.05, 4.69) is 21.5 Å². The van der Waals surface area contributed by atoms with Gasteiger partial charge in [-0.1, -0.05) is 63.5 Å². The third kappa shape index (κ3) is 19.5. The Hall–Kier alpha value is -1.63. The molecule has 0 N–H and O–H groups in total. The van der Waals surface area contributed by atoms with Gasteiger partial charge >= 0.3 is 22.3 Å². The van der Waals surface area contributed by atoms with Crippen LogP contribution >= 0.6 is 0 Å². The molecule has 0 bridgehead atoms. The Labute approximate surface area is 177 Å². The minimum absolute atomic E-state index is 0.00467. The first-order valence-electron chi connectivity index (χ1n) is 10.8. The summed E-state index contributed by atoms with van der Waals surface area (Å²) in [5.41, 5.74) is 0. The normalized spacial score (nSPS) is 11.0. The lowest BCUT2D eigenvalue weighted by Crippen LogP contribution is -2.19. The smallest absolute Gasteiger partial charge is 0.316 e. The number of carbonyl (C=O) groups excluding carboxylic acids is 2. The zero-order valence-electron chi connectivity index (χ0n) is 17.7. The Morgan fingerprint density at radius 2 is 0.897 bits per heavy atom. The molecule has 0 rings (SSSR count). The lowest BCUT2D eigenvalue weighted by Gasteiger charge is -2.06. The van der Waals surface area contributed by atoms with E-state index in [1.165, 1.54) is 0 Å². The van der Waals surface area contributed by atoms with Gasteiger partial charge in [0.05, 0.1) is 0 Å². The summed E-state index contributed by atoms with van der Waals surface area (Å²) >= 11 is 0. The molecule has 0 unspecified atom stereocenters. The second kappa shape index (κ2) is 18.4. The number of allylic oxidation sites excluding steroid dienone is 2. The SMILES string of the molecule is C=CCCCCCCCCC(=O)OS(=O)(=O)OC(=O)CCCCCCCCC=C. The van der Waals surface area contributed by atoms with Gasteiger partial charge in [-0.05, 0) is 38.5 Å². The quantitative estimate of drug-likeness (QED) is 0.176. The van der Waals surface area contributed by atoms with Crippen molar-refractivity contribution in [2.24, 2.45) is 0 Å². The molecule has 0 radical (unpaired) electrons. The molecule has 0 heterocycles. The molecule has 0 aromatic rings. The highest BCUT2D eigenvalue weighted by molar-refractivity contribution is 7.82. The Morgan fingerprint density at radius 1 is 0.586 bits per heavy atom. The lowest BCUT2D eigenvalue weighted by atomic mass is 10.1. The third-order valence-electron chi connectivity index (χ3n) is 4.47. The van der Waals surface area contributed by atoms with E-state index in [0.717, 1.165) is 77.0 Å². The highest BCUT2D eigenvalue weighted by Crippen LogP contribution is 2.12. The van der Waals surface area contributed by atoms with Gasteiger partial charge in [0.2, 0.25) is 0 Å². The van der Waals surface area contributed by atoms with Crippen LogP contribution < -0.4 is 0 Å². The molecule has 0 amide bonds. The van der Waals surface area contributed by atoms with Gasteiger partial charge < -0.3 is 8.37 Å². The van der Waals surface area contributed by atoms with Crippen LogP contribution in [0.2, 0.25) is 0 Å². The van der Waals surface area contributed by atoms with Crippen LogP contribution in [0.25, 0.3) is 0 Å². The molecule has 0 aliphatic rings. The van der Waals surface area contributed by atoms with Crippen LogP contribution in [0.15, 0.2) is 25.3 Å². The second-order valence-electron chi connectivity index (χ2n) is 7.22. The van der Waals surface area contributed by atoms with Crippen molar-refractivity contribution in [2.75, 3.05) is 0 Å². The average molecular weight is 431 g/mol. The first kappa shape index (κ1) is 27.4. The predicted octanol–water partition coefficient (Wildman–Crippen LogP) is 5.93.